The molecule has 6 atom stereocenters. The first kappa shape index (κ1) is 41.4. The molecule has 4 aromatic rings. The Labute approximate surface area is 336 Å². The summed E-state index contributed by atoms with van der Waals surface area (Å²) < 4.78 is 5.63. The number of fused-ring (bicyclic) bond motifs is 2. The molecule has 306 valence electrons. The number of amides is 6. The van der Waals surface area contributed by atoms with Crippen molar-refractivity contribution in [1.82, 2.24) is 36.5 Å². The lowest BCUT2D eigenvalue weighted by atomic mass is 10.0. The van der Waals surface area contributed by atoms with E-state index in [1.54, 1.807) is 36.5 Å². The number of carbonyl (C=O) groups is 6. The van der Waals surface area contributed by atoms with E-state index in [2.05, 4.69) is 31.6 Å². The number of rotatable bonds is 12. The number of nitrogens with zero attached hydrogens (tertiary/aromatic N) is 1. The Hall–Kier alpha value is -6.26. The van der Waals surface area contributed by atoms with Crippen LogP contribution in [-0.4, -0.2) is 102 Å². The highest BCUT2D eigenvalue weighted by molar-refractivity contribution is 5.99. The standard InChI is InChI=1S/C42H51N9O7/c43-18-10-9-17-32-37(52)49-34(21-26-11-3-1-4-12-26)41(56)51-25-29(58-42(57)45-20-19-44)23-35(51)39(54)50-36(27-13-5-2-6-14-27)40(55)48-33(38(53)47-32)22-28-24-46-31-16-8-7-15-30(28)31/h1-8,11-16,24,29,32-36,46H,9-10,17-23,25,43-44H2,(H,45,57)(H,47,53)(H,48,55)(H,49,52)(H,50,54)/t29?,32-,33+,34-,35-,36-/m0/s1. The van der Waals surface area contributed by atoms with Gasteiger partial charge in [-0.1, -0.05) is 78.9 Å². The number of para-hydroxylation sites is 1. The van der Waals surface area contributed by atoms with Crippen molar-refractivity contribution in [3.05, 3.63) is 108 Å². The molecule has 3 aromatic carbocycles. The number of H-pyrrole nitrogens is 1. The van der Waals surface area contributed by atoms with Gasteiger partial charge < -0.3 is 52.7 Å². The maximum atomic E-state index is 14.7. The first-order chi connectivity index (χ1) is 28.1. The van der Waals surface area contributed by atoms with Crippen molar-refractivity contribution in [2.75, 3.05) is 26.2 Å². The highest BCUT2D eigenvalue weighted by Gasteiger charge is 2.45. The molecule has 0 saturated carbocycles. The number of aromatic nitrogens is 1. The van der Waals surface area contributed by atoms with E-state index in [-0.39, 0.29) is 45.3 Å². The Morgan fingerprint density at radius 2 is 1.40 bits per heavy atom. The van der Waals surface area contributed by atoms with Crippen molar-refractivity contribution in [3.8, 4) is 0 Å². The zero-order chi connectivity index (χ0) is 41.0. The average molecular weight is 794 g/mol. The van der Waals surface area contributed by atoms with Crippen LogP contribution >= 0.6 is 0 Å². The van der Waals surface area contributed by atoms with Crippen LogP contribution < -0.4 is 38.1 Å². The van der Waals surface area contributed by atoms with Gasteiger partial charge in [0, 0.05) is 49.5 Å². The van der Waals surface area contributed by atoms with Gasteiger partial charge >= 0.3 is 6.09 Å². The van der Waals surface area contributed by atoms with Gasteiger partial charge in [-0.2, -0.15) is 0 Å². The molecule has 6 amide bonds. The fourth-order valence-corrected chi connectivity index (χ4v) is 7.47. The van der Waals surface area contributed by atoms with Gasteiger partial charge in [0.1, 0.15) is 36.3 Å². The molecule has 2 aliphatic rings. The smallest absolute Gasteiger partial charge is 0.407 e. The number of hydrogen-bond acceptors (Lipinski definition) is 9. The molecule has 6 rings (SSSR count). The van der Waals surface area contributed by atoms with Crippen LogP contribution in [-0.2, 0) is 41.6 Å². The Morgan fingerprint density at radius 3 is 2.14 bits per heavy atom. The molecule has 58 heavy (non-hydrogen) atoms. The molecule has 2 fully saturated rings. The summed E-state index contributed by atoms with van der Waals surface area (Å²) in [5, 5.41) is 14.9. The monoisotopic (exact) mass is 793 g/mol. The van der Waals surface area contributed by atoms with E-state index in [1.165, 1.54) is 4.90 Å². The SMILES string of the molecule is NCCCC[C@@H]1NC(=O)[C@@H](Cc2c[nH]c3ccccc23)NC(=O)[C@H](c2ccccc2)NC(=O)[C@@H]2CC(OC(=O)NCCN)CN2C(=O)[C@H](Cc2ccccc2)NC1=O. The zero-order valence-electron chi connectivity index (χ0n) is 32.2. The van der Waals surface area contributed by atoms with Crippen molar-refractivity contribution in [2.24, 2.45) is 11.5 Å². The third kappa shape index (κ3) is 10.4. The minimum Gasteiger partial charge on any atom is -0.444 e. The fraction of sp³-hybridized carbons (Fsp3) is 0.381. The summed E-state index contributed by atoms with van der Waals surface area (Å²) in [5.74, 6) is -3.24. The van der Waals surface area contributed by atoms with Crippen LogP contribution in [0.25, 0.3) is 10.9 Å². The fourth-order valence-electron chi connectivity index (χ4n) is 7.47. The summed E-state index contributed by atoms with van der Waals surface area (Å²) in [7, 11) is 0. The maximum Gasteiger partial charge on any atom is 0.407 e. The third-order valence-corrected chi connectivity index (χ3v) is 10.4. The summed E-state index contributed by atoms with van der Waals surface area (Å²) in [4.78, 5) is 89.5. The molecular weight excluding hydrogens is 743 g/mol. The second-order valence-electron chi connectivity index (χ2n) is 14.6. The van der Waals surface area contributed by atoms with Gasteiger partial charge in [-0.05, 0) is 48.6 Å². The van der Waals surface area contributed by atoms with Crippen molar-refractivity contribution >= 4 is 46.5 Å². The lowest BCUT2D eigenvalue weighted by Crippen LogP contribution is -2.58. The minimum atomic E-state index is -1.30. The predicted octanol–water partition coefficient (Wildman–Crippen LogP) is 1.06. The Bertz CT molecular complexity index is 2060. The maximum absolute atomic E-state index is 14.7. The van der Waals surface area contributed by atoms with Gasteiger partial charge in [0.15, 0.2) is 0 Å². The Balaban J connectivity index is 1.41. The number of unbranched alkanes of at least 4 members (excludes halogenated alkanes) is 1. The van der Waals surface area contributed by atoms with Crippen LogP contribution in [0.15, 0.2) is 91.1 Å². The lowest BCUT2D eigenvalue weighted by molar-refractivity contribution is -0.142. The Morgan fingerprint density at radius 1 is 0.724 bits per heavy atom. The van der Waals surface area contributed by atoms with Gasteiger partial charge in [-0.15, -0.1) is 0 Å². The molecule has 1 aromatic heterocycles. The van der Waals surface area contributed by atoms with E-state index in [4.69, 9.17) is 16.2 Å². The van der Waals surface area contributed by atoms with Crippen LogP contribution in [0.4, 0.5) is 4.79 Å². The first-order valence-corrected chi connectivity index (χ1v) is 19.7. The number of hydrogen-bond donors (Lipinski definition) is 8. The molecule has 0 spiro atoms. The van der Waals surface area contributed by atoms with Gasteiger partial charge in [0.25, 0.3) is 0 Å². The topological polar surface area (TPSA) is 243 Å². The summed E-state index contributed by atoms with van der Waals surface area (Å²) >= 11 is 0. The van der Waals surface area contributed by atoms with Crippen molar-refractivity contribution in [3.63, 3.8) is 0 Å². The minimum absolute atomic E-state index is 0.0466. The van der Waals surface area contributed by atoms with E-state index < -0.39 is 71.9 Å². The van der Waals surface area contributed by atoms with Crippen LogP contribution in [0.3, 0.4) is 0 Å². The zero-order valence-corrected chi connectivity index (χ0v) is 32.2. The molecule has 0 aliphatic carbocycles. The van der Waals surface area contributed by atoms with Crippen molar-refractivity contribution in [1.29, 1.82) is 0 Å². The average Bonchev–Trinajstić information content (AvgIpc) is 3.85. The van der Waals surface area contributed by atoms with Crippen molar-refractivity contribution < 1.29 is 33.5 Å². The lowest BCUT2D eigenvalue weighted by Gasteiger charge is -2.30. The second-order valence-corrected chi connectivity index (χ2v) is 14.6. The molecule has 16 heteroatoms. The van der Waals surface area contributed by atoms with E-state index >= 15 is 0 Å². The van der Waals surface area contributed by atoms with Gasteiger partial charge in [-0.3, -0.25) is 24.0 Å². The number of benzene rings is 3. The molecule has 0 radical (unpaired) electrons. The Kier molecular flexibility index (Phi) is 14.1. The van der Waals surface area contributed by atoms with Crippen LogP contribution in [0, 0.1) is 0 Å². The van der Waals surface area contributed by atoms with Gasteiger partial charge in [0.2, 0.25) is 29.5 Å². The molecule has 0 bridgehead atoms. The third-order valence-electron chi connectivity index (χ3n) is 10.4. The normalized spacial score (nSPS) is 23.1. The van der Waals surface area contributed by atoms with Crippen molar-refractivity contribution in [2.45, 2.75) is 74.8 Å². The molecule has 16 nitrogen and oxygen atoms in total. The van der Waals surface area contributed by atoms with Crippen LogP contribution in [0.5, 0.6) is 0 Å². The summed E-state index contributed by atoms with van der Waals surface area (Å²) in [6, 6.07) is 19.1. The summed E-state index contributed by atoms with van der Waals surface area (Å²) in [6.45, 7) is 0.527. The van der Waals surface area contributed by atoms with E-state index in [9.17, 15) is 28.8 Å². The molecule has 3 heterocycles. The second kappa shape index (κ2) is 19.7. The number of aromatic amines is 1. The van der Waals surface area contributed by atoms with Gasteiger partial charge in [-0.25, -0.2) is 4.79 Å². The predicted molar refractivity (Wildman–Crippen MR) is 216 cm³/mol. The van der Waals surface area contributed by atoms with Crippen LogP contribution in [0.1, 0.15) is 48.4 Å². The highest BCUT2D eigenvalue weighted by Crippen LogP contribution is 2.26. The molecular formula is C42H51N9O7. The van der Waals surface area contributed by atoms with E-state index in [1.807, 2.05) is 54.6 Å². The first-order valence-electron chi connectivity index (χ1n) is 19.7. The highest BCUT2D eigenvalue weighted by atomic mass is 16.6. The summed E-state index contributed by atoms with van der Waals surface area (Å²) in [5.41, 5.74) is 14.1. The van der Waals surface area contributed by atoms with Gasteiger partial charge in [0.05, 0.1) is 6.54 Å². The number of carbonyl (C=O) groups excluding carboxylic acids is 6. The number of nitrogens with one attached hydrogen (secondary N) is 6. The number of ether oxygens (including phenoxy) is 1. The largest absolute Gasteiger partial charge is 0.444 e. The van der Waals surface area contributed by atoms with Crippen LogP contribution in [0.2, 0.25) is 0 Å². The molecule has 10 N–H and O–H groups in total. The number of nitrogens with two attached hydrogens (primary N) is 2. The number of alkyl carbamates (subject to hydrolysis) is 1. The van der Waals surface area contributed by atoms with E-state index in [0.717, 1.165) is 22.0 Å². The summed E-state index contributed by atoms with van der Waals surface area (Å²) in [6.07, 6.45) is 1.36. The molecule has 2 saturated heterocycles. The molecule has 2 aliphatic heterocycles. The quantitative estimate of drug-likeness (QED) is 0.0956. The van der Waals surface area contributed by atoms with E-state index in [0.29, 0.717) is 24.9 Å². The molecule has 1 unspecified atom stereocenters.